The van der Waals surface area contributed by atoms with E-state index in [0.29, 0.717) is 42.6 Å². The number of aliphatic hydroxyl groups excluding tert-OH is 1. The average molecular weight is 511 g/mol. The number of carbonyl (C=O) groups is 1. The fourth-order valence-corrected chi connectivity index (χ4v) is 3.87. The van der Waals surface area contributed by atoms with Gasteiger partial charge in [0.15, 0.2) is 29.3 Å². The zero-order valence-electron chi connectivity index (χ0n) is 20.9. The van der Waals surface area contributed by atoms with Gasteiger partial charge in [0.25, 0.3) is 0 Å². The maximum Gasteiger partial charge on any atom is 0.350 e. The van der Waals surface area contributed by atoms with Crippen LogP contribution in [-0.2, 0) is 25.6 Å². The second-order valence-corrected chi connectivity index (χ2v) is 8.17. The third-order valence-corrected chi connectivity index (χ3v) is 5.82. The summed E-state index contributed by atoms with van der Waals surface area (Å²) in [6, 6.07) is 19.7. The van der Waals surface area contributed by atoms with Crippen molar-refractivity contribution in [3.05, 3.63) is 83.4 Å². The van der Waals surface area contributed by atoms with Gasteiger partial charge in [0, 0.05) is 5.56 Å². The highest BCUT2D eigenvalue weighted by Crippen LogP contribution is 2.37. The summed E-state index contributed by atoms with van der Waals surface area (Å²) in [7, 11) is 4.20. The van der Waals surface area contributed by atoms with Crippen molar-refractivity contribution in [2.75, 3.05) is 34.5 Å². The van der Waals surface area contributed by atoms with E-state index in [9.17, 15) is 9.90 Å². The molecule has 1 heterocycles. The maximum absolute atomic E-state index is 12.6. The highest BCUT2D eigenvalue weighted by molar-refractivity contribution is 5.76. The lowest BCUT2D eigenvalue weighted by Crippen LogP contribution is -2.35. The molecule has 1 N–H and O–H groups in total. The van der Waals surface area contributed by atoms with Crippen LogP contribution >= 0.6 is 0 Å². The van der Waals surface area contributed by atoms with Crippen LogP contribution in [0.25, 0.3) is 0 Å². The lowest BCUT2D eigenvalue weighted by atomic mass is 10.0. The second-order valence-electron chi connectivity index (χ2n) is 8.17. The van der Waals surface area contributed by atoms with E-state index < -0.39 is 24.5 Å². The van der Waals surface area contributed by atoms with Crippen molar-refractivity contribution in [2.24, 2.45) is 0 Å². The van der Waals surface area contributed by atoms with Crippen LogP contribution in [0.1, 0.15) is 29.1 Å². The van der Waals surface area contributed by atoms with E-state index in [1.54, 1.807) is 36.4 Å². The van der Waals surface area contributed by atoms with Gasteiger partial charge in [0.05, 0.1) is 34.5 Å². The van der Waals surface area contributed by atoms with Crippen LogP contribution in [-0.4, -0.2) is 51.7 Å². The molecule has 0 amide bonds. The summed E-state index contributed by atoms with van der Waals surface area (Å²) in [4.78, 5) is 12.6. The standard InChI is InChI=1S/C28H30O9/c1-31-23-15-19(9-11-21(23)36-17-18-7-5-4-6-8-18)25(29)26(27(30)33-3)37-22-12-10-20(16-24(22)32-2)28-34-13-14-35-28/h4-12,15-16,25-26,28-29H,13-14,17H2,1-3H3/t25-,26-/m0/s1. The summed E-state index contributed by atoms with van der Waals surface area (Å²) >= 11 is 0. The molecule has 1 aliphatic heterocycles. The van der Waals surface area contributed by atoms with E-state index in [1.165, 1.54) is 21.3 Å². The van der Waals surface area contributed by atoms with Crippen molar-refractivity contribution < 1.29 is 43.1 Å². The summed E-state index contributed by atoms with van der Waals surface area (Å²) in [6.07, 6.45) is -3.26. The van der Waals surface area contributed by atoms with Crippen LogP contribution in [0.3, 0.4) is 0 Å². The molecule has 1 aliphatic rings. The molecule has 0 aromatic heterocycles. The second kappa shape index (κ2) is 12.4. The zero-order chi connectivity index (χ0) is 26.2. The summed E-state index contributed by atoms with van der Waals surface area (Å²) in [5.41, 5.74) is 2.12. The lowest BCUT2D eigenvalue weighted by molar-refractivity contribution is -0.154. The normalized spacial score (nSPS) is 15.0. The predicted molar refractivity (Wildman–Crippen MR) is 133 cm³/mol. The molecule has 0 spiro atoms. The van der Waals surface area contributed by atoms with Gasteiger partial charge in [-0.3, -0.25) is 0 Å². The third kappa shape index (κ3) is 6.32. The quantitative estimate of drug-likeness (QED) is 0.384. The summed E-state index contributed by atoms with van der Waals surface area (Å²) in [5, 5.41) is 11.1. The van der Waals surface area contributed by atoms with Gasteiger partial charge in [0.2, 0.25) is 6.10 Å². The fraction of sp³-hybridized carbons (Fsp3) is 0.321. The van der Waals surface area contributed by atoms with Gasteiger partial charge in [-0.2, -0.15) is 0 Å². The topological polar surface area (TPSA) is 102 Å². The van der Waals surface area contributed by atoms with E-state index in [2.05, 4.69) is 0 Å². The van der Waals surface area contributed by atoms with Crippen molar-refractivity contribution in [1.82, 2.24) is 0 Å². The molecular weight excluding hydrogens is 480 g/mol. The minimum Gasteiger partial charge on any atom is -0.493 e. The number of aliphatic hydroxyl groups is 1. The lowest BCUT2D eigenvalue weighted by Gasteiger charge is -2.24. The number of ether oxygens (including phenoxy) is 7. The number of carbonyl (C=O) groups excluding carboxylic acids is 1. The molecule has 1 saturated heterocycles. The van der Waals surface area contributed by atoms with Gasteiger partial charge in [-0.05, 0) is 35.4 Å². The van der Waals surface area contributed by atoms with Gasteiger partial charge in [0.1, 0.15) is 12.7 Å². The van der Waals surface area contributed by atoms with E-state index >= 15 is 0 Å². The van der Waals surface area contributed by atoms with Crippen LogP contribution < -0.4 is 18.9 Å². The van der Waals surface area contributed by atoms with Crippen molar-refractivity contribution in [1.29, 1.82) is 0 Å². The first-order valence-corrected chi connectivity index (χ1v) is 11.7. The molecule has 0 unspecified atom stereocenters. The summed E-state index contributed by atoms with van der Waals surface area (Å²) in [6.45, 7) is 1.35. The number of benzene rings is 3. The highest BCUT2D eigenvalue weighted by Gasteiger charge is 2.33. The van der Waals surface area contributed by atoms with E-state index in [0.717, 1.165) is 11.1 Å². The van der Waals surface area contributed by atoms with E-state index in [4.69, 9.17) is 33.2 Å². The van der Waals surface area contributed by atoms with E-state index in [-0.39, 0.29) is 5.75 Å². The smallest absolute Gasteiger partial charge is 0.350 e. The average Bonchev–Trinajstić information content (AvgIpc) is 3.49. The van der Waals surface area contributed by atoms with Crippen LogP contribution in [0.15, 0.2) is 66.7 Å². The molecule has 3 aromatic rings. The Morgan fingerprint density at radius 2 is 1.57 bits per heavy atom. The SMILES string of the molecule is COC(=O)[C@@H](Oc1ccc(C2OCCO2)cc1OC)[C@@H](O)c1ccc(OCc2ccccc2)c(OC)c1. The van der Waals surface area contributed by atoms with Crippen LogP contribution in [0, 0.1) is 0 Å². The Morgan fingerprint density at radius 3 is 2.24 bits per heavy atom. The Balaban J connectivity index is 1.54. The van der Waals surface area contributed by atoms with Crippen molar-refractivity contribution in [2.45, 2.75) is 25.1 Å². The highest BCUT2D eigenvalue weighted by atomic mass is 16.7. The molecule has 9 heteroatoms. The molecule has 4 rings (SSSR count). The van der Waals surface area contributed by atoms with Crippen molar-refractivity contribution in [3.63, 3.8) is 0 Å². The van der Waals surface area contributed by atoms with Crippen LogP contribution in [0.4, 0.5) is 0 Å². The number of methoxy groups -OCH3 is 3. The fourth-order valence-electron chi connectivity index (χ4n) is 3.87. The van der Waals surface area contributed by atoms with E-state index in [1.807, 2.05) is 30.3 Å². The first-order chi connectivity index (χ1) is 18.0. The summed E-state index contributed by atoms with van der Waals surface area (Å²) in [5.74, 6) is 0.721. The Bertz CT molecular complexity index is 1180. The molecule has 37 heavy (non-hydrogen) atoms. The molecule has 196 valence electrons. The Labute approximate surface area is 215 Å². The van der Waals surface area contributed by atoms with Gasteiger partial charge >= 0.3 is 5.97 Å². The molecule has 0 aliphatic carbocycles. The molecule has 0 saturated carbocycles. The van der Waals surface area contributed by atoms with Crippen molar-refractivity contribution >= 4 is 5.97 Å². The first-order valence-electron chi connectivity index (χ1n) is 11.7. The third-order valence-electron chi connectivity index (χ3n) is 5.82. The minimum absolute atomic E-state index is 0.244. The molecular formula is C28H30O9. The first kappa shape index (κ1) is 26.3. The number of hydrogen-bond acceptors (Lipinski definition) is 9. The Morgan fingerprint density at radius 1 is 0.892 bits per heavy atom. The minimum atomic E-state index is -1.38. The van der Waals surface area contributed by atoms with Gasteiger partial charge < -0.3 is 38.3 Å². The molecule has 1 fully saturated rings. The molecule has 9 nitrogen and oxygen atoms in total. The molecule has 0 bridgehead atoms. The van der Waals surface area contributed by atoms with Gasteiger partial charge in [-0.15, -0.1) is 0 Å². The number of rotatable bonds is 11. The number of hydrogen-bond donors (Lipinski definition) is 1. The zero-order valence-corrected chi connectivity index (χ0v) is 20.9. The van der Waals surface area contributed by atoms with Crippen LogP contribution in [0.5, 0.6) is 23.0 Å². The largest absolute Gasteiger partial charge is 0.493 e. The number of esters is 1. The Hall–Kier alpha value is -3.79. The monoisotopic (exact) mass is 510 g/mol. The Kier molecular flexibility index (Phi) is 8.84. The molecule has 3 aromatic carbocycles. The maximum atomic E-state index is 12.6. The molecule has 2 atom stereocenters. The summed E-state index contributed by atoms with van der Waals surface area (Å²) < 4.78 is 38.7. The van der Waals surface area contributed by atoms with Gasteiger partial charge in [-0.1, -0.05) is 42.5 Å². The molecule has 0 radical (unpaired) electrons. The van der Waals surface area contributed by atoms with Crippen LogP contribution in [0.2, 0.25) is 0 Å². The van der Waals surface area contributed by atoms with Gasteiger partial charge in [-0.25, -0.2) is 4.79 Å². The van der Waals surface area contributed by atoms with Crippen molar-refractivity contribution in [3.8, 4) is 23.0 Å². The predicted octanol–water partition coefficient (Wildman–Crippen LogP) is 3.98.